The third kappa shape index (κ3) is 5.76. The summed E-state index contributed by atoms with van der Waals surface area (Å²) in [6, 6.07) is 17.2. The highest BCUT2D eigenvalue weighted by Gasteiger charge is 2.51. The van der Waals surface area contributed by atoms with Crippen LogP contribution in [0.2, 0.25) is 0 Å². The van der Waals surface area contributed by atoms with E-state index in [1.807, 2.05) is 75.4 Å². The lowest BCUT2D eigenvalue weighted by molar-refractivity contribution is -0.142. The average molecular weight is 554 g/mol. The van der Waals surface area contributed by atoms with Crippen molar-refractivity contribution in [2.75, 3.05) is 31.0 Å². The highest BCUT2D eigenvalue weighted by molar-refractivity contribution is 6.06. The SMILES string of the molecule is COC/N=C/c1ccccc1CN(CC(=O)Nc1ccc2c(c1)CC1(C2)C(=O)Nc2ncccc21)C(=O)C(C)(C)C. The molecule has 0 saturated heterocycles. The Kier molecular flexibility index (Phi) is 7.73. The highest BCUT2D eigenvalue weighted by atomic mass is 16.5. The van der Waals surface area contributed by atoms with E-state index in [2.05, 4.69) is 20.6 Å². The number of hydrogen-bond donors (Lipinski definition) is 2. The normalized spacial score (nSPS) is 17.4. The number of pyridine rings is 1. The number of ether oxygens (including phenoxy) is 1. The Labute approximate surface area is 240 Å². The zero-order valence-electron chi connectivity index (χ0n) is 23.9. The average Bonchev–Trinajstić information content (AvgIpc) is 3.45. The molecule has 1 aromatic heterocycles. The van der Waals surface area contributed by atoms with Gasteiger partial charge in [-0.05, 0) is 53.3 Å². The molecule has 3 aromatic rings. The summed E-state index contributed by atoms with van der Waals surface area (Å²) in [5.41, 5.74) is 4.02. The van der Waals surface area contributed by atoms with Gasteiger partial charge in [-0.15, -0.1) is 0 Å². The molecule has 3 amide bonds. The van der Waals surface area contributed by atoms with E-state index in [-0.39, 0.29) is 37.5 Å². The third-order valence-corrected chi connectivity index (χ3v) is 7.58. The molecule has 0 radical (unpaired) electrons. The molecule has 2 aliphatic rings. The second-order valence-electron chi connectivity index (χ2n) is 11.7. The van der Waals surface area contributed by atoms with Crippen LogP contribution in [0.3, 0.4) is 0 Å². The quantitative estimate of drug-likeness (QED) is 0.408. The van der Waals surface area contributed by atoms with E-state index in [9.17, 15) is 14.4 Å². The molecule has 212 valence electrons. The third-order valence-electron chi connectivity index (χ3n) is 7.58. The Hall–Kier alpha value is -4.37. The van der Waals surface area contributed by atoms with Crippen molar-refractivity contribution in [2.45, 2.75) is 45.6 Å². The second-order valence-corrected chi connectivity index (χ2v) is 11.7. The van der Waals surface area contributed by atoms with Gasteiger partial charge in [-0.3, -0.25) is 19.4 Å². The fourth-order valence-electron chi connectivity index (χ4n) is 5.61. The van der Waals surface area contributed by atoms with Crippen molar-refractivity contribution in [2.24, 2.45) is 10.4 Å². The summed E-state index contributed by atoms with van der Waals surface area (Å²) in [4.78, 5) is 49.9. The van der Waals surface area contributed by atoms with Crippen LogP contribution in [0.1, 0.15) is 48.6 Å². The highest BCUT2D eigenvalue weighted by Crippen LogP contribution is 2.46. The Morgan fingerprint density at radius 1 is 1.12 bits per heavy atom. The van der Waals surface area contributed by atoms with Crippen LogP contribution in [-0.4, -0.2) is 54.2 Å². The van der Waals surface area contributed by atoms with Crippen molar-refractivity contribution < 1.29 is 19.1 Å². The summed E-state index contributed by atoms with van der Waals surface area (Å²) < 4.78 is 5.01. The van der Waals surface area contributed by atoms with Crippen LogP contribution >= 0.6 is 0 Å². The molecule has 0 saturated carbocycles. The lowest BCUT2D eigenvalue weighted by Gasteiger charge is -2.29. The summed E-state index contributed by atoms with van der Waals surface area (Å²) in [7, 11) is 1.58. The maximum Gasteiger partial charge on any atom is 0.244 e. The van der Waals surface area contributed by atoms with Crippen LogP contribution < -0.4 is 10.6 Å². The molecule has 2 heterocycles. The number of rotatable bonds is 8. The Bertz CT molecular complexity index is 1530. The van der Waals surface area contributed by atoms with E-state index in [0.717, 1.165) is 27.8 Å². The first-order valence-corrected chi connectivity index (χ1v) is 13.7. The van der Waals surface area contributed by atoms with E-state index in [4.69, 9.17) is 4.74 Å². The number of nitrogens with one attached hydrogen (secondary N) is 2. The molecule has 1 spiro atoms. The molecule has 5 rings (SSSR count). The fourth-order valence-corrected chi connectivity index (χ4v) is 5.61. The first kappa shape index (κ1) is 28.2. The van der Waals surface area contributed by atoms with Gasteiger partial charge >= 0.3 is 0 Å². The van der Waals surface area contributed by atoms with E-state index >= 15 is 0 Å². The van der Waals surface area contributed by atoms with Gasteiger partial charge < -0.3 is 20.3 Å². The molecule has 0 fully saturated rings. The lowest BCUT2D eigenvalue weighted by Crippen LogP contribution is -2.43. The number of aromatic nitrogens is 1. The molecule has 9 heteroatoms. The van der Waals surface area contributed by atoms with Crippen molar-refractivity contribution in [1.29, 1.82) is 0 Å². The molecule has 1 aliphatic carbocycles. The maximum absolute atomic E-state index is 13.4. The number of anilines is 2. The van der Waals surface area contributed by atoms with E-state index in [1.54, 1.807) is 24.4 Å². The smallest absolute Gasteiger partial charge is 0.244 e. The molecular weight excluding hydrogens is 518 g/mol. The van der Waals surface area contributed by atoms with Gasteiger partial charge in [0.05, 0.1) is 5.41 Å². The number of carbonyl (C=O) groups is 3. The first-order chi connectivity index (χ1) is 19.6. The Balaban J connectivity index is 1.32. The van der Waals surface area contributed by atoms with Gasteiger partial charge in [0.25, 0.3) is 0 Å². The molecule has 1 unspecified atom stereocenters. The van der Waals surface area contributed by atoms with Crippen LogP contribution in [0.4, 0.5) is 11.5 Å². The lowest BCUT2D eigenvalue weighted by atomic mass is 9.79. The van der Waals surface area contributed by atoms with Crippen LogP contribution in [0.25, 0.3) is 0 Å². The zero-order valence-corrected chi connectivity index (χ0v) is 23.9. The largest absolute Gasteiger partial charge is 0.363 e. The maximum atomic E-state index is 13.4. The van der Waals surface area contributed by atoms with Gasteiger partial charge in [-0.1, -0.05) is 57.2 Å². The molecule has 41 heavy (non-hydrogen) atoms. The zero-order chi connectivity index (χ0) is 29.2. The van der Waals surface area contributed by atoms with Crippen LogP contribution in [0.15, 0.2) is 65.8 Å². The van der Waals surface area contributed by atoms with Gasteiger partial charge in [0.2, 0.25) is 17.7 Å². The molecule has 2 aromatic carbocycles. The minimum Gasteiger partial charge on any atom is -0.363 e. The number of nitrogens with zero attached hydrogens (tertiary/aromatic N) is 3. The molecular formula is C32H35N5O4. The molecule has 1 aliphatic heterocycles. The van der Waals surface area contributed by atoms with Crippen LogP contribution in [0, 0.1) is 5.41 Å². The van der Waals surface area contributed by atoms with Crippen molar-refractivity contribution in [3.8, 4) is 0 Å². The molecule has 9 nitrogen and oxygen atoms in total. The van der Waals surface area contributed by atoms with Crippen molar-refractivity contribution in [3.05, 3.63) is 88.6 Å². The fraction of sp³-hybridized carbons (Fsp3) is 0.344. The van der Waals surface area contributed by atoms with Gasteiger partial charge in [-0.25, -0.2) is 4.98 Å². The van der Waals surface area contributed by atoms with E-state index < -0.39 is 10.8 Å². The monoisotopic (exact) mass is 553 g/mol. The van der Waals surface area contributed by atoms with Crippen LogP contribution in [0.5, 0.6) is 0 Å². The number of fused-ring (bicyclic) bond motifs is 3. The number of benzene rings is 2. The molecule has 2 N–H and O–H groups in total. The van der Waals surface area contributed by atoms with Gasteiger partial charge in [0, 0.05) is 42.7 Å². The van der Waals surface area contributed by atoms with E-state index in [0.29, 0.717) is 24.3 Å². The minimum absolute atomic E-state index is 0.0446. The van der Waals surface area contributed by atoms with Gasteiger partial charge in [0.1, 0.15) is 19.1 Å². The minimum atomic E-state index is -0.676. The van der Waals surface area contributed by atoms with E-state index in [1.165, 1.54) is 0 Å². The Morgan fingerprint density at radius 3 is 2.68 bits per heavy atom. The standard InChI is InChI=1S/C32H35N5O4/c1-31(2,3)30(40)37(18-23-9-6-5-8-22(23)17-33-20-41-4)19-27(38)35-25-12-11-21-15-32(16-24(21)14-25)26-10-7-13-34-28(26)36-29(32)39/h5-14,17H,15-16,18-20H2,1-4H3,(H,35,38)(H,34,36,39)/b33-17+. The summed E-state index contributed by atoms with van der Waals surface area (Å²) in [5, 5.41) is 5.89. The number of aliphatic imine (C=N–C) groups is 1. The number of amides is 3. The summed E-state index contributed by atoms with van der Waals surface area (Å²) in [5.74, 6) is 0.145. The van der Waals surface area contributed by atoms with Gasteiger partial charge in [0.15, 0.2) is 0 Å². The second kappa shape index (κ2) is 11.2. The van der Waals surface area contributed by atoms with Gasteiger partial charge in [-0.2, -0.15) is 0 Å². The first-order valence-electron chi connectivity index (χ1n) is 13.7. The Morgan fingerprint density at radius 2 is 1.90 bits per heavy atom. The summed E-state index contributed by atoms with van der Waals surface area (Å²) >= 11 is 0. The molecule has 0 bridgehead atoms. The predicted octanol–water partition coefficient (Wildman–Crippen LogP) is 4.11. The number of methoxy groups -OCH3 is 1. The molecule has 1 atom stereocenters. The van der Waals surface area contributed by atoms with Crippen molar-refractivity contribution in [3.63, 3.8) is 0 Å². The van der Waals surface area contributed by atoms with Crippen LogP contribution in [-0.2, 0) is 43.9 Å². The summed E-state index contributed by atoms with van der Waals surface area (Å²) in [6.45, 7) is 5.91. The van der Waals surface area contributed by atoms with Crippen molar-refractivity contribution in [1.82, 2.24) is 9.88 Å². The summed E-state index contributed by atoms with van der Waals surface area (Å²) in [6.07, 6.45) is 4.51. The topological polar surface area (TPSA) is 113 Å². The van der Waals surface area contributed by atoms with Crippen molar-refractivity contribution >= 4 is 35.4 Å². The number of carbonyl (C=O) groups excluding carboxylic acids is 3. The predicted molar refractivity (Wildman–Crippen MR) is 158 cm³/mol. The number of hydrogen-bond acceptors (Lipinski definition) is 6.